The third-order valence-electron chi connectivity index (χ3n) is 4.04. The second kappa shape index (κ2) is 4.45. The van der Waals surface area contributed by atoms with Crippen LogP contribution in [-0.2, 0) is 13.5 Å². The SMILES string of the molecule is Cn1ccnc1CCC1(O)CCCC(C)(C)C1. The van der Waals surface area contributed by atoms with E-state index in [0.717, 1.165) is 37.9 Å². The summed E-state index contributed by atoms with van der Waals surface area (Å²) in [5.41, 5.74) is -0.192. The van der Waals surface area contributed by atoms with Crippen LogP contribution in [0.4, 0.5) is 0 Å². The maximum atomic E-state index is 10.7. The van der Waals surface area contributed by atoms with Gasteiger partial charge in [0, 0.05) is 25.9 Å². The Bertz CT molecular complexity index is 383. The first kappa shape index (κ1) is 12.6. The first-order chi connectivity index (χ1) is 7.90. The smallest absolute Gasteiger partial charge is 0.108 e. The molecule has 1 saturated carbocycles. The quantitative estimate of drug-likeness (QED) is 0.876. The van der Waals surface area contributed by atoms with E-state index in [9.17, 15) is 5.11 Å². The minimum absolute atomic E-state index is 0.286. The first-order valence-electron chi connectivity index (χ1n) is 6.59. The maximum absolute atomic E-state index is 10.7. The van der Waals surface area contributed by atoms with E-state index in [0.29, 0.717) is 0 Å². The largest absolute Gasteiger partial charge is 0.390 e. The monoisotopic (exact) mass is 236 g/mol. The molecular weight excluding hydrogens is 212 g/mol. The second-order valence-electron chi connectivity index (χ2n) is 6.37. The van der Waals surface area contributed by atoms with Crippen molar-refractivity contribution >= 4 is 0 Å². The lowest BCUT2D eigenvalue weighted by Crippen LogP contribution is -2.39. The minimum atomic E-state index is -0.478. The van der Waals surface area contributed by atoms with Gasteiger partial charge in [-0.25, -0.2) is 4.98 Å². The number of rotatable bonds is 3. The molecule has 0 spiro atoms. The molecule has 0 saturated heterocycles. The van der Waals surface area contributed by atoms with Gasteiger partial charge in [-0.3, -0.25) is 0 Å². The van der Waals surface area contributed by atoms with Gasteiger partial charge in [-0.2, -0.15) is 0 Å². The van der Waals surface area contributed by atoms with Crippen LogP contribution in [0.2, 0.25) is 0 Å². The predicted octanol–water partition coefficient (Wildman–Crippen LogP) is 2.68. The third-order valence-corrected chi connectivity index (χ3v) is 4.04. The van der Waals surface area contributed by atoms with Gasteiger partial charge in [0.05, 0.1) is 5.60 Å². The number of imidazole rings is 1. The van der Waals surface area contributed by atoms with Crippen molar-refractivity contribution in [2.45, 2.75) is 58.0 Å². The van der Waals surface area contributed by atoms with Crippen molar-refractivity contribution in [3.63, 3.8) is 0 Å². The number of aromatic nitrogens is 2. The molecule has 1 aliphatic rings. The molecule has 0 amide bonds. The average molecular weight is 236 g/mol. The van der Waals surface area contributed by atoms with Crippen molar-refractivity contribution in [3.8, 4) is 0 Å². The maximum Gasteiger partial charge on any atom is 0.108 e. The van der Waals surface area contributed by atoms with E-state index in [2.05, 4.69) is 18.8 Å². The van der Waals surface area contributed by atoms with Crippen molar-refractivity contribution in [2.75, 3.05) is 0 Å². The van der Waals surface area contributed by atoms with Gasteiger partial charge in [0.2, 0.25) is 0 Å². The molecule has 1 fully saturated rings. The molecule has 1 aromatic rings. The molecule has 1 aromatic heterocycles. The van der Waals surface area contributed by atoms with Crippen LogP contribution < -0.4 is 0 Å². The molecule has 0 aliphatic heterocycles. The Labute approximate surface area is 104 Å². The Hall–Kier alpha value is -0.830. The lowest BCUT2D eigenvalue weighted by Gasteiger charge is -2.41. The summed E-state index contributed by atoms with van der Waals surface area (Å²) in [6, 6.07) is 0. The van der Waals surface area contributed by atoms with Crippen molar-refractivity contribution in [2.24, 2.45) is 12.5 Å². The molecule has 1 unspecified atom stereocenters. The summed E-state index contributed by atoms with van der Waals surface area (Å²) in [6.07, 6.45) is 9.73. The Morgan fingerprint density at radius 1 is 1.41 bits per heavy atom. The van der Waals surface area contributed by atoms with Gasteiger partial charge in [-0.15, -0.1) is 0 Å². The predicted molar refractivity (Wildman–Crippen MR) is 68.7 cm³/mol. The summed E-state index contributed by atoms with van der Waals surface area (Å²) in [5.74, 6) is 1.07. The fourth-order valence-electron chi connectivity index (χ4n) is 3.16. The fraction of sp³-hybridized carbons (Fsp3) is 0.786. The fourth-order valence-corrected chi connectivity index (χ4v) is 3.16. The number of aryl methyl sites for hydroxylation is 2. The van der Waals surface area contributed by atoms with Crippen molar-refractivity contribution in [3.05, 3.63) is 18.2 Å². The van der Waals surface area contributed by atoms with E-state index in [1.54, 1.807) is 0 Å². The van der Waals surface area contributed by atoms with Gasteiger partial charge in [0.1, 0.15) is 5.82 Å². The Morgan fingerprint density at radius 3 is 2.76 bits per heavy atom. The molecule has 0 aromatic carbocycles. The van der Waals surface area contributed by atoms with Crippen LogP contribution in [0, 0.1) is 5.41 Å². The molecule has 0 bridgehead atoms. The van der Waals surface area contributed by atoms with E-state index in [-0.39, 0.29) is 5.41 Å². The van der Waals surface area contributed by atoms with Crippen LogP contribution >= 0.6 is 0 Å². The second-order valence-corrected chi connectivity index (χ2v) is 6.37. The molecule has 1 atom stereocenters. The van der Waals surface area contributed by atoms with Crippen LogP contribution in [0.25, 0.3) is 0 Å². The summed E-state index contributed by atoms with van der Waals surface area (Å²) in [7, 11) is 2.01. The van der Waals surface area contributed by atoms with Crippen molar-refractivity contribution < 1.29 is 5.11 Å². The molecule has 3 heteroatoms. The van der Waals surface area contributed by atoms with Crippen LogP contribution in [0.3, 0.4) is 0 Å². The summed E-state index contributed by atoms with van der Waals surface area (Å²) >= 11 is 0. The van der Waals surface area contributed by atoms with Crippen molar-refractivity contribution in [1.82, 2.24) is 9.55 Å². The Morgan fingerprint density at radius 2 is 2.18 bits per heavy atom. The van der Waals surface area contributed by atoms with Gasteiger partial charge in [-0.1, -0.05) is 20.3 Å². The number of nitrogens with zero attached hydrogens (tertiary/aromatic N) is 2. The third kappa shape index (κ3) is 3.09. The van der Waals surface area contributed by atoms with Gasteiger partial charge < -0.3 is 9.67 Å². The molecule has 17 heavy (non-hydrogen) atoms. The van der Waals surface area contributed by atoms with E-state index < -0.39 is 5.60 Å². The number of aliphatic hydroxyl groups is 1. The zero-order valence-electron chi connectivity index (χ0n) is 11.2. The zero-order valence-corrected chi connectivity index (χ0v) is 11.2. The highest BCUT2D eigenvalue weighted by Gasteiger charge is 2.38. The standard InChI is InChI=1S/C14H24N2O/c1-13(2)6-4-7-14(17,11-13)8-5-12-15-9-10-16(12)3/h9-10,17H,4-8,11H2,1-3H3. The van der Waals surface area contributed by atoms with Gasteiger partial charge in [-0.05, 0) is 31.1 Å². The average Bonchev–Trinajstić information content (AvgIpc) is 2.59. The van der Waals surface area contributed by atoms with Crippen LogP contribution in [0.15, 0.2) is 12.4 Å². The van der Waals surface area contributed by atoms with Gasteiger partial charge in [0.25, 0.3) is 0 Å². The zero-order chi connectivity index (χ0) is 12.5. The summed E-state index contributed by atoms with van der Waals surface area (Å²) in [4.78, 5) is 4.32. The Kier molecular flexibility index (Phi) is 3.30. The van der Waals surface area contributed by atoms with Crippen LogP contribution in [-0.4, -0.2) is 20.3 Å². The normalized spacial score (nSPS) is 28.2. The lowest BCUT2D eigenvalue weighted by molar-refractivity contribution is -0.0450. The summed E-state index contributed by atoms with van der Waals surface area (Å²) in [6.45, 7) is 4.52. The molecule has 1 aliphatic carbocycles. The van der Waals surface area contributed by atoms with E-state index in [1.165, 1.54) is 6.42 Å². The van der Waals surface area contributed by atoms with Gasteiger partial charge >= 0.3 is 0 Å². The first-order valence-corrected chi connectivity index (χ1v) is 6.59. The number of hydrogen-bond donors (Lipinski definition) is 1. The van der Waals surface area contributed by atoms with Gasteiger partial charge in [0.15, 0.2) is 0 Å². The highest BCUT2D eigenvalue weighted by molar-refractivity contribution is 4.96. The minimum Gasteiger partial charge on any atom is -0.390 e. The topological polar surface area (TPSA) is 38.0 Å². The summed E-state index contributed by atoms with van der Waals surface area (Å²) in [5, 5.41) is 10.7. The molecular formula is C14H24N2O. The highest BCUT2D eigenvalue weighted by Crippen LogP contribution is 2.42. The lowest BCUT2D eigenvalue weighted by atomic mass is 9.68. The van der Waals surface area contributed by atoms with Crippen molar-refractivity contribution in [1.29, 1.82) is 0 Å². The Balaban J connectivity index is 1.96. The van der Waals surface area contributed by atoms with Crippen LogP contribution in [0.5, 0.6) is 0 Å². The van der Waals surface area contributed by atoms with E-state index in [1.807, 2.05) is 24.0 Å². The van der Waals surface area contributed by atoms with Crippen LogP contribution in [0.1, 0.15) is 51.8 Å². The molecule has 0 radical (unpaired) electrons. The summed E-state index contributed by atoms with van der Waals surface area (Å²) < 4.78 is 2.04. The molecule has 96 valence electrons. The molecule has 1 N–H and O–H groups in total. The molecule has 1 heterocycles. The molecule has 3 nitrogen and oxygen atoms in total. The van der Waals surface area contributed by atoms with E-state index in [4.69, 9.17) is 0 Å². The van der Waals surface area contributed by atoms with E-state index >= 15 is 0 Å². The molecule has 2 rings (SSSR count). The number of hydrogen-bond acceptors (Lipinski definition) is 2. The highest BCUT2D eigenvalue weighted by atomic mass is 16.3.